The first-order valence-electron chi connectivity index (χ1n) is 5.97. The summed E-state index contributed by atoms with van der Waals surface area (Å²) < 4.78 is 1.22. The van der Waals surface area contributed by atoms with Crippen LogP contribution in [0.5, 0.6) is 0 Å². The number of nitrogens with zero attached hydrogens (tertiary/aromatic N) is 1. The summed E-state index contributed by atoms with van der Waals surface area (Å²) in [7, 11) is 0. The van der Waals surface area contributed by atoms with Crippen molar-refractivity contribution in [1.82, 2.24) is 10.2 Å². The molecule has 1 aliphatic rings. The lowest BCUT2D eigenvalue weighted by Gasteiger charge is -2.33. The molecule has 2 nitrogen and oxygen atoms in total. The molecule has 1 N–H and O–H groups in total. The Balaban J connectivity index is 1.94. The van der Waals surface area contributed by atoms with Crippen LogP contribution in [0.3, 0.4) is 0 Å². The second-order valence-electron chi connectivity index (χ2n) is 4.28. The molecule has 0 aromatic carbocycles. The minimum absolute atomic E-state index is 0.770. The smallest absolute Gasteiger partial charge is 0.0331 e. The molecule has 0 atom stereocenters. The second kappa shape index (κ2) is 6.15. The zero-order valence-electron chi connectivity index (χ0n) is 9.71. The summed E-state index contributed by atoms with van der Waals surface area (Å²) in [5.74, 6) is 0. The molecule has 0 unspecified atom stereocenters. The number of hydrogen-bond donors (Lipinski definition) is 1. The molecule has 0 amide bonds. The zero-order chi connectivity index (χ0) is 11.4. The van der Waals surface area contributed by atoms with Gasteiger partial charge in [-0.1, -0.05) is 6.92 Å². The molecule has 1 aromatic heterocycles. The van der Waals surface area contributed by atoms with Gasteiger partial charge in [0.05, 0.1) is 0 Å². The van der Waals surface area contributed by atoms with E-state index < -0.39 is 0 Å². The largest absolute Gasteiger partial charge is 0.317 e. The minimum Gasteiger partial charge on any atom is -0.317 e. The van der Waals surface area contributed by atoms with Gasteiger partial charge in [-0.15, -0.1) is 11.3 Å². The van der Waals surface area contributed by atoms with E-state index in [1.54, 1.807) is 0 Å². The molecule has 1 aromatic rings. The fourth-order valence-corrected chi connectivity index (χ4v) is 3.78. The van der Waals surface area contributed by atoms with E-state index >= 15 is 0 Å². The second-order valence-corrected chi connectivity index (χ2v) is 6.19. The highest BCUT2D eigenvalue weighted by atomic mass is 79.9. The van der Waals surface area contributed by atoms with Crippen molar-refractivity contribution in [2.75, 3.05) is 19.6 Å². The van der Waals surface area contributed by atoms with Gasteiger partial charge in [0.1, 0.15) is 0 Å². The van der Waals surface area contributed by atoms with E-state index in [-0.39, 0.29) is 0 Å². The van der Waals surface area contributed by atoms with E-state index in [4.69, 9.17) is 0 Å². The Kier molecular flexibility index (Phi) is 4.82. The van der Waals surface area contributed by atoms with Crippen molar-refractivity contribution in [3.05, 3.63) is 20.8 Å². The highest BCUT2D eigenvalue weighted by molar-refractivity contribution is 9.10. The first-order chi connectivity index (χ1) is 7.79. The van der Waals surface area contributed by atoms with Crippen LogP contribution < -0.4 is 5.32 Å². The summed E-state index contributed by atoms with van der Waals surface area (Å²) in [6.07, 6.45) is 2.58. The Morgan fingerprint density at radius 3 is 2.81 bits per heavy atom. The third-order valence-electron chi connectivity index (χ3n) is 3.21. The molecule has 1 fully saturated rings. The van der Waals surface area contributed by atoms with Gasteiger partial charge < -0.3 is 5.32 Å². The van der Waals surface area contributed by atoms with Crippen LogP contribution in [-0.4, -0.2) is 30.6 Å². The van der Waals surface area contributed by atoms with E-state index in [0.717, 1.165) is 19.1 Å². The topological polar surface area (TPSA) is 15.3 Å². The van der Waals surface area contributed by atoms with E-state index in [1.807, 2.05) is 11.3 Å². The predicted molar refractivity (Wildman–Crippen MR) is 74.0 cm³/mol. The van der Waals surface area contributed by atoms with E-state index in [1.165, 1.54) is 35.3 Å². The number of nitrogens with one attached hydrogen (secondary N) is 1. The maximum absolute atomic E-state index is 3.52. The molecule has 4 heteroatoms. The number of hydrogen-bond acceptors (Lipinski definition) is 3. The third-order valence-corrected chi connectivity index (χ3v) is 4.89. The van der Waals surface area contributed by atoms with Gasteiger partial charge in [0.25, 0.3) is 0 Å². The van der Waals surface area contributed by atoms with Crippen molar-refractivity contribution < 1.29 is 0 Å². The molecule has 2 rings (SSSR count). The van der Waals surface area contributed by atoms with Crippen molar-refractivity contribution in [1.29, 1.82) is 0 Å². The third kappa shape index (κ3) is 3.29. The Labute approximate surface area is 110 Å². The molecule has 1 aliphatic heterocycles. The van der Waals surface area contributed by atoms with Crippen molar-refractivity contribution in [2.45, 2.75) is 32.4 Å². The molecule has 2 heterocycles. The molecule has 0 aliphatic carbocycles. The van der Waals surface area contributed by atoms with Crippen molar-refractivity contribution in [3.63, 3.8) is 0 Å². The lowest BCUT2D eigenvalue weighted by atomic mass is 10.0. The summed E-state index contributed by atoms with van der Waals surface area (Å²) in [4.78, 5) is 4.08. The molecule has 16 heavy (non-hydrogen) atoms. The van der Waals surface area contributed by atoms with Gasteiger partial charge in [0.15, 0.2) is 0 Å². The zero-order valence-corrected chi connectivity index (χ0v) is 12.1. The van der Waals surface area contributed by atoms with Crippen LogP contribution in [0.4, 0.5) is 0 Å². The van der Waals surface area contributed by atoms with Crippen LogP contribution in [-0.2, 0) is 6.54 Å². The first-order valence-corrected chi connectivity index (χ1v) is 7.64. The molecular formula is C12H19BrN2S. The monoisotopic (exact) mass is 302 g/mol. The van der Waals surface area contributed by atoms with Gasteiger partial charge in [-0.2, -0.15) is 0 Å². The maximum atomic E-state index is 3.52. The summed E-state index contributed by atoms with van der Waals surface area (Å²) in [6.45, 7) is 6.88. The summed E-state index contributed by atoms with van der Waals surface area (Å²) in [6, 6.07) is 3.01. The average Bonchev–Trinajstić information content (AvgIpc) is 2.73. The maximum Gasteiger partial charge on any atom is 0.0331 e. The van der Waals surface area contributed by atoms with Crippen molar-refractivity contribution in [2.24, 2.45) is 0 Å². The van der Waals surface area contributed by atoms with Crippen LogP contribution in [0.25, 0.3) is 0 Å². The first kappa shape index (κ1) is 12.6. The molecule has 0 saturated carbocycles. The van der Waals surface area contributed by atoms with Gasteiger partial charge in [-0.3, -0.25) is 4.90 Å². The number of piperidine rings is 1. The highest BCUT2D eigenvalue weighted by Crippen LogP contribution is 2.23. The Morgan fingerprint density at radius 1 is 1.50 bits per heavy atom. The number of halogens is 1. The van der Waals surface area contributed by atoms with E-state index in [2.05, 4.69) is 44.5 Å². The Bertz CT molecular complexity index is 321. The van der Waals surface area contributed by atoms with Crippen LogP contribution in [0.15, 0.2) is 15.9 Å². The highest BCUT2D eigenvalue weighted by Gasteiger charge is 2.19. The SMILES string of the molecule is CCN(Cc1cc(Br)cs1)C1CCNCC1. The lowest BCUT2D eigenvalue weighted by Crippen LogP contribution is -2.42. The van der Waals surface area contributed by atoms with Gasteiger partial charge in [-0.05, 0) is 54.5 Å². The molecular weight excluding hydrogens is 284 g/mol. The molecule has 90 valence electrons. The normalized spacial score (nSPS) is 18.2. The average molecular weight is 303 g/mol. The minimum atomic E-state index is 0.770. The van der Waals surface area contributed by atoms with Gasteiger partial charge in [0.2, 0.25) is 0 Å². The van der Waals surface area contributed by atoms with Gasteiger partial charge in [-0.25, -0.2) is 0 Å². The summed E-state index contributed by atoms with van der Waals surface area (Å²) in [5.41, 5.74) is 0. The Morgan fingerprint density at radius 2 is 2.25 bits per heavy atom. The van der Waals surface area contributed by atoms with Crippen molar-refractivity contribution >= 4 is 27.3 Å². The molecule has 0 bridgehead atoms. The fourth-order valence-electron chi connectivity index (χ4n) is 2.31. The quantitative estimate of drug-likeness (QED) is 0.919. The van der Waals surface area contributed by atoms with E-state index in [9.17, 15) is 0 Å². The molecule has 0 radical (unpaired) electrons. The van der Waals surface area contributed by atoms with E-state index in [0.29, 0.717) is 0 Å². The van der Waals surface area contributed by atoms with Crippen LogP contribution in [0, 0.1) is 0 Å². The number of rotatable bonds is 4. The lowest BCUT2D eigenvalue weighted by molar-refractivity contribution is 0.163. The molecule has 0 spiro atoms. The van der Waals surface area contributed by atoms with Crippen LogP contribution >= 0.6 is 27.3 Å². The van der Waals surface area contributed by atoms with Gasteiger partial charge >= 0.3 is 0 Å². The Hall–Kier alpha value is 0.1000. The number of thiophene rings is 1. The fraction of sp³-hybridized carbons (Fsp3) is 0.667. The summed E-state index contributed by atoms with van der Waals surface area (Å²) in [5, 5.41) is 5.60. The summed E-state index contributed by atoms with van der Waals surface area (Å²) >= 11 is 5.37. The van der Waals surface area contributed by atoms with Crippen molar-refractivity contribution in [3.8, 4) is 0 Å². The van der Waals surface area contributed by atoms with Gasteiger partial charge in [0, 0.05) is 27.3 Å². The molecule has 1 saturated heterocycles. The van der Waals surface area contributed by atoms with Crippen LogP contribution in [0.2, 0.25) is 0 Å². The van der Waals surface area contributed by atoms with Crippen LogP contribution in [0.1, 0.15) is 24.6 Å². The predicted octanol–water partition coefficient (Wildman–Crippen LogP) is 3.08. The standard InChI is InChI=1S/C12H19BrN2S/c1-2-15(11-3-5-14-6-4-11)8-12-7-10(13)9-16-12/h7,9,11,14H,2-6,8H2,1H3.